The van der Waals surface area contributed by atoms with Crippen LogP contribution in [0.2, 0.25) is 0 Å². The first-order valence-corrected chi connectivity index (χ1v) is 9.29. The van der Waals surface area contributed by atoms with E-state index in [0.717, 1.165) is 17.7 Å². The van der Waals surface area contributed by atoms with E-state index in [9.17, 15) is 17.8 Å². The minimum Gasteiger partial charge on any atom is -0.744 e. The molecule has 0 saturated heterocycles. The number of hydrogen-bond donors (Lipinski definition) is 2. The van der Waals surface area contributed by atoms with Crippen molar-refractivity contribution in [1.82, 2.24) is 0 Å². The number of esters is 1. The van der Waals surface area contributed by atoms with E-state index in [0.29, 0.717) is 17.3 Å². The maximum Gasteiger partial charge on any atom is 0.333 e. The molecule has 1 rings (SSSR count). The second kappa shape index (κ2) is 10.8. The van der Waals surface area contributed by atoms with E-state index >= 15 is 0 Å². The first-order valence-electron chi connectivity index (χ1n) is 6.90. The molecule has 0 atom stereocenters. The average Bonchev–Trinajstić information content (AvgIpc) is 2.46. The standard InChI is InChI=1S/C8H14N2O2S.C7H8O3S/c1-6(2)7(11)12-4-3-5-13-8(9)10;1-6-2-4-7(5-3-6)11(8,9)10/h1,3-5H2,2H3,(H3,9,10);2-5H,1H3,(H,8,9,10). The summed E-state index contributed by atoms with van der Waals surface area (Å²) in [4.78, 5) is 10.7. The Labute approximate surface area is 146 Å². The second-order valence-corrected chi connectivity index (χ2v) is 7.34. The molecule has 0 aliphatic carbocycles. The molecule has 0 aliphatic rings. The Morgan fingerprint density at radius 2 is 1.92 bits per heavy atom. The van der Waals surface area contributed by atoms with Crippen LogP contribution >= 0.6 is 11.8 Å². The Morgan fingerprint density at radius 1 is 1.38 bits per heavy atom. The number of rotatable bonds is 6. The molecular formula is C15H22N2O5S2. The lowest BCUT2D eigenvalue weighted by atomic mass is 10.2. The number of hydrogen-bond acceptors (Lipinski definition) is 6. The van der Waals surface area contributed by atoms with Gasteiger partial charge in [-0.05, 0) is 44.2 Å². The van der Waals surface area contributed by atoms with E-state index in [1.54, 1.807) is 19.1 Å². The van der Waals surface area contributed by atoms with Crippen LogP contribution in [0.15, 0.2) is 41.3 Å². The molecule has 0 radical (unpaired) electrons. The Kier molecular flexibility index (Phi) is 10.0. The lowest BCUT2D eigenvalue weighted by Gasteiger charge is -2.05. The maximum atomic E-state index is 10.9. The highest BCUT2D eigenvalue weighted by molar-refractivity contribution is 8.13. The van der Waals surface area contributed by atoms with Crippen molar-refractivity contribution in [3.05, 3.63) is 42.0 Å². The van der Waals surface area contributed by atoms with Gasteiger partial charge in [-0.1, -0.05) is 24.3 Å². The van der Waals surface area contributed by atoms with E-state index in [-0.39, 0.29) is 10.9 Å². The highest BCUT2D eigenvalue weighted by Gasteiger charge is 2.02. The van der Waals surface area contributed by atoms with Crippen LogP contribution < -0.4 is 11.1 Å². The molecule has 24 heavy (non-hydrogen) atoms. The predicted molar refractivity (Wildman–Crippen MR) is 93.1 cm³/mol. The Morgan fingerprint density at radius 3 is 2.33 bits per heavy atom. The number of aryl methyl sites for hydroxylation is 1. The SMILES string of the molecule is C=C(C)C(=O)OCCCSC(N)=[NH2+].Cc1ccc(S(=O)(=O)[O-])cc1. The third-order valence-corrected chi connectivity index (χ3v) is 4.12. The van der Waals surface area contributed by atoms with Crippen LogP contribution in [0.1, 0.15) is 18.9 Å². The minimum atomic E-state index is -4.27. The van der Waals surface area contributed by atoms with E-state index in [4.69, 9.17) is 15.9 Å². The van der Waals surface area contributed by atoms with Crippen LogP contribution in [-0.4, -0.2) is 36.5 Å². The third-order valence-electron chi connectivity index (χ3n) is 2.45. The molecule has 0 unspecified atom stereocenters. The van der Waals surface area contributed by atoms with Gasteiger partial charge in [-0.3, -0.25) is 11.1 Å². The summed E-state index contributed by atoms with van der Waals surface area (Å²) >= 11 is 1.35. The quantitative estimate of drug-likeness (QED) is 0.181. The molecule has 1 aromatic rings. The zero-order chi connectivity index (χ0) is 18.8. The predicted octanol–water partition coefficient (Wildman–Crippen LogP) is 0.202. The molecule has 0 saturated carbocycles. The third kappa shape index (κ3) is 10.8. The lowest BCUT2D eigenvalue weighted by molar-refractivity contribution is -0.138. The van der Waals surface area contributed by atoms with E-state index in [1.165, 1.54) is 23.9 Å². The molecule has 1 aromatic carbocycles. The number of carbonyl (C=O) groups excluding carboxylic acids is 1. The summed E-state index contributed by atoms with van der Waals surface area (Å²) in [5.74, 6) is 0.404. The van der Waals surface area contributed by atoms with Gasteiger partial charge in [0.1, 0.15) is 10.1 Å². The van der Waals surface area contributed by atoms with Gasteiger partial charge in [0.2, 0.25) is 0 Å². The van der Waals surface area contributed by atoms with Crippen LogP contribution in [0.25, 0.3) is 0 Å². The largest absolute Gasteiger partial charge is 0.744 e. The van der Waals surface area contributed by atoms with Gasteiger partial charge in [0.25, 0.3) is 5.17 Å². The summed E-state index contributed by atoms with van der Waals surface area (Å²) in [6.45, 7) is 7.27. The van der Waals surface area contributed by atoms with Crippen LogP contribution in [0.3, 0.4) is 0 Å². The van der Waals surface area contributed by atoms with Gasteiger partial charge in [0.15, 0.2) is 0 Å². The molecule has 0 heterocycles. The zero-order valence-electron chi connectivity index (χ0n) is 13.7. The Balaban J connectivity index is 0.000000446. The zero-order valence-corrected chi connectivity index (χ0v) is 15.3. The van der Waals surface area contributed by atoms with Gasteiger partial charge in [0.05, 0.1) is 11.5 Å². The molecule has 7 nitrogen and oxygen atoms in total. The summed E-state index contributed by atoms with van der Waals surface area (Å²) in [6.07, 6.45) is 0.738. The number of carbonyl (C=O) groups is 1. The van der Waals surface area contributed by atoms with E-state index < -0.39 is 10.1 Å². The summed E-state index contributed by atoms with van der Waals surface area (Å²) in [6, 6.07) is 5.78. The first kappa shape index (κ1) is 22.2. The Bertz CT molecular complexity index is 670. The molecule has 0 aromatic heterocycles. The fourth-order valence-electron chi connectivity index (χ4n) is 1.24. The van der Waals surface area contributed by atoms with Gasteiger partial charge >= 0.3 is 5.97 Å². The van der Waals surface area contributed by atoms with Crippen molar-refractivity contribution in [2.24, 2.45) is 5.73 Å². The molecular weight excluding hydrogens is 352 g/mol. The van der Waals surface area contributed by atoms with Crippen molar-refractivity contribution < 1.29 is 27.9 Å². The van der Waals surface area contributed by atoms with Crippen LogP contribution in [-0.2, 0) is 19.6 Å². The summed E-state index contributed by atoms with van der Waals surface area (Å²) in [5.41, 5.74) is 6.56. The van der Waals surface area contributed by atoms with Crippen molar-refractivity contribution in [2.45, 2.75) is 25.2 Å². The monoisotopic (exact) mass is 374 g/mol. The molecule has 0 aliphatic heterocycles. The van der Waals surface area contributed by atoms with E-state index in [1.807, 2.05) is 6.92 Å². The number of thioether (sulfide) groups is 1. The number of amidine groups is 1. The molecule has 0 spiro atoms. The summed E-state index contributed by atoms with van der Waals surface area (Å²) < 4.78 is 36.0. The van der Waals surface area contributed by atoms with Gasteiger partial charge < -0.3 is 9.29 Å². The van der Waals surface area contributed by atoms with Gasteiger partial charge in [-0.15, -0.1) is 0 Å². The molecule has 4 N–H and O–H groups in total. The van der Waals surface area contributed by atoms with Crippen LogP contribution in [0, 0.1) is 6.92 Å². The average molecular weight is 374 g/mol. The van der Waals surface area contributed by atoms with Gasteiger partial charge in [-0.2, -0.15) is 0 Å². The lowest BCUT2D eigenvalue weighted by Crippen LogP contribution is -2.43. The fourth-order valence-corrected chi connectivity index (χ4v) is 2.21. The molecule has 0 fully saturated rings. The summed E-state index contributed by atoms with van der Waals surface area (Å²) in [5, 5.41) is 5.56. The Hall–Kier alpha value is -1.84. The van der Waals surface area contributed by atoms with Gasteiger partial charge in [-0.25, -0.2) is 13.2 Å². The van der Waals surface area contributed by atoms with Crippen molar-refractivity contribution in [2.75, 3.05) is 12.4 Å². The first-order chi connectivity index (χ1) is 11.0. The minimum absolute atomic E-state index is 0.178. The number of ether oxygens (including phenoxy) is 1. The molecule has 134 valence electrons. The molecule has 0 amide bonds. The van der Waals surface area contributed by atoms with Gasteiger partial charge in [0, 0.05) is 11.3 Å². The molecule has 9 heteroatoms. The maximum absolute atomic E-state index is 10.9. The normalized spacial score (nSPS) is 10.3. The highest BCUT2D eigenvalue weighted by Crippen LogP contribution is 2.08. The topological polar surface area (TPSA) is 135 Å². The van der Waals surface area contributed by atoms with Crippen LogP contribution in [0.4, 0.5) is 0 Å². The smallest absolute Gasteiger partial charge is 0.333 e. The second-order valence-electron chi connectivity index (χ2n) is 4.79. The van der Waals surface area contributed by atoms with Crippen molar-refractivity contribution in [3.63, 3.8) is 0 Å². The number of nitrogens with two attached hydrogens (primary N) is 2. The summed E-state index contributed by atoms with van der Waals surface area (Å²) in [7, 11) is -4.27. The van der Waals surface area contributed by atoms with Crippen molar-refractivity contribution in [1.29, 1.82) is 0 Å². The number of benzene rings is 1. The van der Waals surface area contributed by atoms with Crippen molar-refractivity contribution >= 4 is 33.0 Å². The highest BCUT2D eigenvalue weighted by atomic mass is 32.2. The van der Waals surface area contributed by atoms with Crippen molar-refractivity contribution in [3.8, 4) is 0 Å². The van der Waals surface area contributed by atoms with E-state index in [2.05, 4.69) is 6.58 Å². The van der Waals surface area contributed by atoms with Crippen LogP contribution in [0.5, 0.6) is 0 Å². The fraction of sp³-hybridized carbons (Fsp3) is 0.333. The molecule has 0 bridgehead atoms.